The summed E-state index contributed by atoms with van der Waals surface area (Å²) in [4.78, 5) is 28.9. The molecule has 0 radical (unpaired) electrons. The van der Waals surface area contributed by atoms with Crippen molar-refractivity contribution in [3.05, 3.63) is 59.1 Å². The Morgan fingerprint density at radius 3 is 2.27 bits per heavy atom. The monoisotopic (exact) mass is 430 g/mol. The van der Waals surface area contributed by atoms with Crippen molar-refractivity contribution < 1.29 is 14.3 Å². The van der Waals surface area contributed by atoms with Gasteiger partial charge < -0.3 is 20.3 Å². The van der Waals surface area contributed by atoms with Crippen LogP contribution in [0.5, 0.6) is 0 Å². The minimum absolute atomic E-state index is 0.0441. The Balaban J connectivity index is 1.65. The van der Waals surface area contributed by atoms with Gasteiger partial charge in [0.05, 0.1) is 19.3 Å². The van der Waals surface area contributed by atoms with Gasteiger partial charge in [-0.25, -0.2) is 0 Å². The number of hydrogen-bond acceptors (Lipinski definition) is 5. The lowest BCUT2D eigenvalue weighted by molar-refractivity contribution is -0.136. The smallest absolute Gasteiger partial charge is 0.313 e. The Labute approximate surface area is 181 Å². The predicted octanol–water partition coefficient (Wildman–Crippen LogP) is 2.53. The van der Waals surface area contributed by atoms with Crippen molar-refractivity contribution in [2.45, 2.75) is 6.04 Å². The van der Waals surface area contributed by atoms with Crippen molar-refractivity contribution >= 4 is 34.8 Å². The summed E-state index contributed by atoms with van der Waals surface area (Å²) in [5.41, 5.74) is 2.70. The molecule has 0 saturated carbocycles. The first-order valence-electron chi connectivity index (χ1n) is 9.88. The van der Waals surface area contributed by atoms with E-state index in [0.717, 1.165) is 24.3 Å². The molecule has 30 heavy (non-hydrogen) atoms. The van der Waals surface area contributed by atoms with Crippen molar-refractivity contribution in [2.24, 2.45) is 0 Å². The van der Waals surface area contributed by atoms with E-state index in [4.69, 9.17) is 16.3 Å². The molecular formula is C22H27ClN4O3. The van der Waals surface area contributed by atoms with E-state index in [1.165, 1.54) is 0 Å². The largest absolute Gasteiger partial charge is 0.379 e. The Morgan fingerprint density at radius 1 is 1.03 bits per heavy atom. The number of carbonyl (C=O) groups is 2. The Kier molecular flexibility index (Phi) is 7.68. The number of morpholine rings is 1. The lowest BCUT2D eigenvalue weighted by Gasteiger charge is -2.35. The number of nitrogens with zero attached hydrogens (tertiary/aromatic N) is 2. The van der Waals surface area contributed by atoms with Gasteiger partial charge in [-0.1, -0.05) is 23.7 Å². The van der Waals surface area contributed by atoms with E-state index in [1.807, 2.05) is 19.0 Å². The zero-order chi connectivity index (χ0) is 21.5. The highest BCUT2D eigenvalue weighted by Crippen LogP contribution is 2.24. The van der Waals surface area contributed by atoms with Crippen molar-refractivity contribution in [1.82, 2.24) is 10.2 Å². The lowest BCUT2D eigenvalue weighted by atomic mass is 10.0. The van der Waals surface area contributed by atoms with Crippen LogP contribution in [0.4, 0.5) is 11.4 Å². The Bertz CT molecular complexity index is 850. The fraction of sp³-hybridized carbons (Fsp3) is 0.364. The molecule has 2 amide bonds. The molecule has 2 aromatic carbocycles. The number of anilines is 2. The molecule has 160 valence electrons. The molecule has 8 heteroatoms. The maximum absolute atomic E-state index is 12.4. The second-order valence-corrected chi connectivity index (χ2v) is 7.76. The molecule has 1 aliphatic rings. The van der Waals surface area contributed by atoms with Gasteiger partial charge in [-0.15, -0.1) is 0 Å². The van der Waals surface area contributed by atoms with E-state index < -0.39 is 11.8 Å². The zero-order valence-corrected chi connectivity index (χ0v) is 18.0. The van der Waals surface area contributed by atoms with Crippen LogP contribution >= 0.6 is 11.6 Å². The van der Waals surface area contributed by atoms with Gasteiger partial charge in [0.1, 0.15) is 0 Å². The van der Waals surface area contributed by atoms with Crippen LogP contribution in [-0.4, -0.2) is 63.7 Å². The quantitative estimate of drug-likeness (QED) is 0.689. The molecule has 1 saturated heterocycles. The van der Waals surface area contributed by atoms with Crippen molar-refractivity contribution in [1.29, 1.82) is 0 Å². The third-order valence-electron chi connectivity index (χ3n) is 5.04. The molecular weight excluding hydrogens is 404 g/mol. The number of rotatable bonds is 6. The van der Waals surface area contributed by atoms with Crippen LogP contribution in [0.1, 0.15) is 11.6 Å². The fourth-order valence-electron chi connectivity index (χ4n) is 3.33. The van der Waals surface area contributed by atoms with E-state index in [1.54, 1.807) is 24.3 Å². The third kappa shape index (κ3) is 5.95. The fourth-order valence-corrected chi connectivity index (χ4v) is 3.46. The second kappa shape index (κ2) is 10.4. The number of hydrogen-bond donors (Lipinski definition) is 2. The first-order valence-corrected chi connectivity index (χ1v) is 10.3. The molecule has 0 unspecified atom stereocenters. The summed E-state index contributed by atoms with van der Waals surface area (Å²) in [5.74, 6) is -1.38. The molecule has 7 nitrogen and oxygen atoms in total. The first-order chi connectivity index (χ1) is 14.4. The predicted molar refractivity (Wildman–Crippen MR) is 119 cm³/mol. The summed E-state index contributed by atoms with van der Waals surface area (Å²) in [6.45, 7) is 3.17. The maximum atomic E-state index is 12.4. The molecule has 2 N–H and O–H groups in total. The van der Waals surface area contributed by atoms with Crippen molar-refractivity contribution in [2.75, 3.05) is 57.2 Å². The zero-order valence-electron chi connectivity index (χ0n) is 17.2. The minimum Gasteiger partial charge on any atom is -0.379 e. The van der Waals surface area contributed by atoms with Gasteiger partial charge in [0.2, 0.25) is 0 Å². The summed E-state index contributed by atoms with van der Waals surface area (Å²) in [7, 11) is 3.99. The third-order valence-corrected chi connectivity index (χ3v) is 5.30. The number of nitrogens with one attached hydrogen (secondary N) is 2. The van der Waals surface area contributed by atoms with Crippen molar-refractivity contribution in [3.63, 3.8) is 0 Å². The van der Waals surface area contributed by atoms with E-state index >= 15 is 0 Å². The normalized spacial score (nSPS) is 15.3. The van der Waals surface area contributed by atoms with Gasteiger partial charge in [0.25, 0.3) is 0 Å². The van der Waals surface area contributed by atoms with E-state index in [0.29, 0.717) is 30.5 Å². The minimum atomic E-state index is -0.707. The molecule has 1 fully saturated rings. The van der Waals surface area contributed by atoms with Gasteiger partial charge >= 0.3 is 11.8 Å². The molecule has 0 spiro atoms. The average molecular weight is 431 g/mol. The number of ether oxygens (including phenoxy) is 1. The standard InChI is InChI=1S/C22H27ClN4O3/c1-26(2)19-9-3-16(4-10-19)20(27-11-13-30-14-12-27)15-24-21(28)22(29)25-18-7-5-17(23)6-8-18/h3-10,20H,11-15H2,1-2H3,(H,24,28)(H,25,29)/t20-/m0/s1. The topological polar surface area (TPSA) is 73.9 Å². The maximum Gasteiger partial charge on any atom is 0.313 e. The van der Waals surface area contributed by atoms with Gasteiger partial charge in [-0.3, -0.25) is 14.5 Å². The van der Waals surface area contributed by atoms with Crippen LogP contribution in [-0.2, 0) is 14.3 Å². The van der Waals surface area contributed by atoms with Crippen LogP contribution in [0.15, 0.2) is 48.5 Å². The number of amides is 2. The van der Waals surface area contributed by atoms with Gasteiger partial charge in [0.15, 0.2) is 0 Å². The number of benzene rings is 2. The molecule has 0 aliphatic carbocycles. The Morgan fingerprint density at radius 2 is 1.67 bits per heavy atom. The molecule has 3 rings (SSSR count). The van der Waals surface area contributed by atoms with Gasteiger partial charge in [0, 0.05) is 50.1 Å². The SMILES string of the molecule is CN(C)c1ccc([C@H](CNC(=O)C(=O)Nc2ccc(Cl)cc2)N2CCOCC2)cc1. The summed E-state index contributed by atoms with van der Waals surface area (Å²) < 4.78 is 5.47. The summed E-state index contributed by atoms with van der Waals surface area (Å²) in [6, 6.07) is 14.8. The highest BCUT2D eigenvalue weighted by molar-refractivity contribution is 6.39. The first kappa shape index (κ1) is 22.1. The molecule has 0 bridgehead atoms. The highest BCUT2D eigenvalue weighted by Gasteiger charge is 2.24. The average Bonchev–Trinajstić information content (AvgIpc) is 2.76. The van der Waals surface area contributed by atoms with E-state index in [2.05, 4.69) is 39.8 Å². The molecule has 1 atom stereocenters. The molecule has 2 aromatic rings. The van der Waals surface area contributed by atoms with E-state index in [-0.39, 0.29) is 6.04 Å². The number of halogens is 1. The van der Waals surface area contributed by atoms with Crippen LogP contribution < -0.4 is 15.5 Å². The number of carbonyl (C=O) groups excluding carboxylic acids is 2. The highest BCUT2D eigenvalue weighted by atomic mass is 35.5. The molecule has 1 aliphatic heterocycles. The van der Waals surface area contributed by atoms with Crippen LogP contribution in [0.3, 0.4) is 0 Å². The van der Waals surface area contributed by atoms with Crippen LogP contribution in [0.25, 0.3) is 0 Å². The Hall–Kier alpha value is -2.61. The van der Waals surface area contributed by atoms with Gasteiger partial charge in [-0.2, -0.15) is 0 Å². The molecule has 1 heterocycles. The van der Waals surface area contributed by atoms with Crippen molar-refractivity contribution in [3.8, 4) is 0 Å². The van der Waals surface area contributed by atoms with Crippen LogP contribution in [0.2, 0.25) is 5.02 Å². The summed E-state index contributed by atoms with van der Waals surface area (Å²) in [5, 5.41) is 5.92. The van der Waals surface area contributed by atoms with E-state index in [9.17, 15) is 9.59 Å². The van der Waals surface area contributed by atoms with Crippen LogP contribution in [0, 0.1) is 0 Å². The second-order valence-electron chi connectivity index (χ2n) is 7.32. The summed E-state index contributed by atoms with van der Waals surface area (Å²) >= 11 is 5.85. The summed E-state index contributed by atoms with van der Waals surface area (Å²) in [6.07, 6.45) is 0. The lowest BCUT2D eigenvalue weighted by Crippen LogP contribution is -2.45. The molecule has 0 aromatic heterocycles. The van der Waals surface area contributed by atoms with Gasteiger partial charge in [-0.05, 0) is 42.0 Å².